The zero-order valence-electron chi connectivity index (χ0n) is 8.44. The fraction of sp³-hybridized carbons (Fsp3) is 0.286. The van der Waals surface area contributed by atoms with E-state index in [0.29, 0.717) is 0 Å². The average Bonchev–Trinajstić information content (AvgIpc) is 2.26. The first-order chi connectivity index (χ1) is 7.74. The van der Waals surface area contributed by atoms with E-state index < -0.39 is 36.5 Å². The number of sulfonamides is 1. The highest BCUT2D eigenvalue weighted by atomic mass is 32.2. The summed E-state index contributed by atoms with van der Waals surface area (Å²) >= 11 is 0. The van der Waals surface area contributed by atoms with Crippen molar-refractivity contribution in [2.24, 2.45) is 5.14 Å². The molecular weight excluding hydrogens is 268 g/mol. The van der Waals surface area contributed by atoms with Gasteiger partial charge in [0.05, 0.1) is 11.5 Å². The van der Waals surface area contributed by atoms with Crippen LogP contribution in [0.1, 0.15) is 5.69 Å². The molecule has 8 nitrogen and oxygen atoms in total. The molecule has 1 rings (SSSR count). The molecule has 0 unspecified atom stereocenters. The number of nitriles is 1. The fourth-order valence-corrected chi connectivity index (χ4v) is 3.32. The highest BCUT2D eigenvalue weighted by Crippen LogP contribution is 2.05. The van der Waals surface area contributed by atoms with Gasteiger partial charge in [0.1, 0.15) is 11.8 Å². The first kappa shape index (κ1) is 13.5. The van der Waals surface area contributed by atoms with Crippen LogP contribution in [0.5, 0.6) is 0 Å². The molecule has 0 fully saturated rings. The smallest absolute Gasteiger partial charge is 0.229 e. The average molecular weight is 276 g/mol. The molecule has 0 aliphatic rings. The van der Waals surface area contributed by atoms with E-state index in [1.54, 1.807) is 6.07 Å². The summed E-state index contributed by atoms with van der Waals surface area (Å²) in [4.78, 5) is 6.94. The molecule has 10 heteroatoms. The molecule has 1 heterocycles. The summed E-state index contributed by atoms with van der Waals surface area (Å²) in [6.07, 6.45) is 1.11. The Morgan fingerprint density at radius 1 is 1.29 bits per heavy atom. The summed E-state index contributed by atoms with van der Waals surface area (Å²) in [5.74, 6) is -1.45. The lowest BCUT2D eigenvalue weighted by Gasteiger charge is -2.01. The molecule has 0 saturated heterocycles. The molecule has 0 atom stereocenters. The molecule has 0 saturated carbocycles. The Kier molecular flexibility index (Phi) is 3.76. The van der Waals surface area contributed by atoms with Crippen molar-refractivity contribution in [2.75, 3.05) is 11.5 Å². The second kappa shape index (κ2) is 4.74. The molecule has 0 aromatic carbocycles. The highest BCUT2D eigenvalue weighted by molar-refractivity contribution is 7.94. The zero-order valence-corrected chi connectivity index (χ0v) is 10.1. The lowest BCUT2D eigenvalue weighted by Crippen LogP contribution is -2.24. The fourth-order valence-electron chi connectivity index (χ4n) is 0.870. The number of rotatable bonds is 4. The van der Waals surface area contributed by atoms with Crippen LogP contribution < -0.4 is 5.14 Å². The summed E-state index contributed by atoms with van der Waals surface area (Å²) in [5, 5.41) is 12.6. The summed E-state index contributed by atoms with van der Waals surface area (Å²) in [7, 11) is -7.84. The van der Waals surface area contributed by atoms with Gasteiger partial charge in [0.15, 0.2) is 0 Å². The Bertz CT molecular complexity index is 659. The Hall–Kier alpha value is -1.57. The first-order valence-corrected chi connectivity index (χ1v) is 7.58. The Morgan fingerprint density at radius 3 is 2.47 bits per heavy atom. The number of primary sulfonamides is 1. The van der Waals surface area contributed by atoms with E-state index in [0.717, 1.165) is 6.20 Å². The van der Waals surface area contributed by atoms with Crippen LogP contribution in [-0.4, -0.2) is 38.3 Å². The molecule has 0 spiro atoms. The van der Waals surface area contributed by atoms with Crippen molar-refractivity contribution in [3.05, 3.63) is 18.0 Å². The SMILES string of the molecule is N#Cc1ccnc(S(=O)(=O)CCS(N)(=O)=O)n1. The van der Waals surface area contributed by atoms with Crippen molar-refractivity contribution >= 4 is 19.9 Å². The van der Waals surface area contributed by atoms with E-state index in [-0.39, 0.29) is 5.69 Å². The van der Waals surface area contributed by atoms with E-state index in [4.69, 9.17) is 10.4 Å². The largest absolute Gasteiger partial charge is 0.248 e. The standard InChI is InChI=1S/C7H8N4O4S2/c8-5-6-1-2-10-7(11-6)16(12,13)3-4-17(9,14)15/h1-2H,3-4H2,(H2,9,14,15). The van der Waals surface area contributed by atoms with Gasteiger partial charge in [-0.15, -0.1) is 0 Å². The number of nitrogens with zero attached hydrogens (tertiary/aromatic N) is 3. The van der Waals surface area contributed by atoms with Crippen molar-refractivity contribution in [3.8, 4) is 6.07 Å². The van der Waals surface area contributed by atoms with Gasteiger partial charge in [-0.25, -0.2) is 31.9 Å². The predicted molar refractivity (Wildman–Crippen MR) is 56.8 cm³/mol. The van der Waals surface area contributed by atoms with Crippen LogP contribution in [0.15, 0.2) is 17.4 Å². The molecule has 0 radical (unpaired) electrons. The molecule has 1 aromatic rings. The number of hydrogen-bond acceptors (Lipinski definition) is 7. The van der Waals surface area contributed by atoms with Crippen molar-refractivity contribution in [2.45, 2.75) is 5.16 Å². The van der Waals surface area contributed by atoms with Crippen LogP contribution in [0.2, 0.25) is 0 Å². The Balaban J connectivity index is 3.02. The van der Waals surface area contributed by atoms with Crippen LogP contribution in [0.25, 0.3) is 0 Å². The molecule has 1 aromatic heterocycles. The normalized spacial score (nSPS) is 12.0. The number of aromatic nitrogens is 2. The molecule has 92 valence electrons. The Labute approximate surface area is 98.1 Å². The third-order valence-corrected chi connectivity index (χ3v) is 4.19. The van der Waals surface area contributed by atoms with Gasteiger partial charge in [-0.3, -0.25) is 0 Å². The van der Waals surface area contributed by atoms with E-state index in [9.17, 15) is 16.8 Å². The van der Waals surface area contributed by atoms with Crippen LogP contribution in [-0.2, 0) is 19.9 Å². The minimum absolute atomic E-state index is 0.116. The summed E-state index contributed by atoms with van der Waals surface area (Å²) in [5.41, 5.74) is -0.116. The van der Waals surface area contributed by atoms with Gasteiger partial charge < -0.3 is 0 Å². The Morgan fingerprint density at radius 2 is 1.94 bits per heavy atom. The molecule has 0 amide bonds. The molecule has 2 N–H and O–H groups in total. The molecule has 0 aliphatic heterocycles. The molecule has 17 heavy (non-hydrogen) atoms. The number of nitrogens with two attached hydrogens (primary N) is 1. The molecular formula is C7H8N4O4S2. The van der Waals surface area contributed by atoms with E-state index in [1.165, 1.54) is 6.07 Å². The van der Waals surface area contributed by atoms with E-state index in [2.05, 4.69) is 9.97 Å². The minimum Gasteiger partial charge on any atom is -0.229 e. The number of hydrogen-bond donors (Lipinski definition) is 1. The second-order valence-electron chi connectivity index (χ2n) is 3.02. The first-order valence-electron chi connectivity index (χ1n) is 4.21. The van der Waals surface area contributed by atoms with Gasteiger partial charge in [0.2, 0.25) is 25.0 Å². The summed E-state index contributed by atoms with van der Waals surface area (Å²) in [6.45, 7) is 0. The van der Waals surface area contributed by atoms with Gasteiger partial charge in [-0.05, 0) is 6.07 Å². The third kappa shape index (κ3) is 4.06. The monoisotopic (exact) mass is 276 g/mol. The molecule has 0 bridgehead atoms. The zero-order chi connectivity index (χ0) is 13.1. The second-order valence-corrected chi connectivity index (χ2v) is 6.76. The quantitative estimate of drug-likeness (QED) is 0.652. The third-order valence-electron chi connectivity index (χ3n) is 1.66. The lowest BCUT2D eigenvalue weighted by atomic mass is 10.5. The summed E-state index contributed by atoms with van der Waals surface area (Å²) in [6, 6.07) is 2.89. The van der Waals surface area contributed by atoms with Crippen molar-refractivity contribution in [1.29, 1.82) is 5.26 Å². The molecule has 0 aliphatic carbocycles. The van der Waals surface area contributed by atoms with Gasteiger partial charge in [-0.2, -0.15) is 5.26 Å². The minimum atomic E-state index is -3.96. The summed E-state index contributed by atoms with van der Waals surface area (Å²) < 4.78 is 44.5. The van der Waals surface area contributed by atoms with Crippen molar-refractivity contribution < 1.29 is 16.8 Å². The van der Waals surface area contributed by atoms with Crippen LogP contribution in [0.3, 0.4) is 0 Å². The van der Waals surface area contributed by atoms with Crippen LogP contribution >= 0.6 is 0 Å². The van der Waals surface area contributed by atoms with Gasteiger partial charge in [0.25, 0.3) is 0 Å². The lowest BCUT2D eigenvalue weighted by molar-refractivity contribution is 0.582. The van der Waals surface area contributed by atoms with Gasteiger partial charge >= 0.3 is 0 Å². The van der Waals surface area contributed by atoms with E-state index in [1.807, 2.05) is 0 Å². The van der Waals surface area contributed by atoms with Crippen LogP contribution in [0, 0.1) is 11.3 Å². The maximum atomic E-state index is 11.6. The highest BCUT2D eigenvalue weighted by Gasteiger charge is 2.20. The predicted octanol–water partition coefficient (Wildman–Crippen LogP) is -1.59. The topological polar surface area (TPSA) is 144 Å². The van der Waals surface area contributed by atoms with Crippen molar-refractivity contribution in [3.63, 3.8) is 0 Å². The maximum Gasteiger partial charge on any atom is 0.248 e. The van der Waals surface area contributed by atoms with Crippen molar-refractivity contribution in [1.82, 2.24) is 9.97 Å². The van der Waals surface area contributed by atoms with E-state index >= 15 is 0 Å². The van der Waals surface area contributed by atoms with Gasteiger partial charge in [-0.1, -0.05) is 0 Å². The van der Waals surface area contributed by atoms with Gasteiger partial charge in [0, 0.05) is 6.20 Å². The number of sulfone groups is 1. The maximum absolute atomic E-state index is 11.6. The van der Waals surface area contributed by atoms with Crippen LogP contribution in [0.4, 0.5) is 0 Å².